The minimum absolute atomic E-state index is 0.133. The monoisotopic (exact) mass is 252 g/mol. The number of halogens is 2. The van der Waals surface area contributed by atoms with Gasteiger partial charge in [0.15, 0.2) is 5.79 Å². The van der Waals surface area contributed by atoms with Crippen LogP contribution in [0.15, 0.2) is 18.2 Å². The lowest BCUT2D eigenvalue weighted by atomic mass is 10.1. The van der Waals surface area contributed by atoms with Gasteiger partial charge in [-0.1, -0.05) is 29.3 Å². The Kier molecular flexibility index (Phi) is 5.60. The van der Waals surface area contributed by atoms with Crippen LogP contribution in [0.5, 0.6) is 0 Å². The number of carbonyl (C=O) groups is 1. The fraction of sp³-hybridized carbons (Fsp3) is 0.222. The molecule has 0 aliphatic heterocycles. The molecule has 0 saturated carbocycles. The van der Waals surface area contributed by atoms with E-state index in [2.05, 4.69) is 0 Å². The van der Waals surface area contributed by atoms with Crippen molar-refractivity contribution in [3.63, 3.8) is 0 Å². The van der Waals surface area contributed by atoms with Gasteiger partial charge in [-0.15, -0.1) is 0 Å². The molecule has 0 saturated heterocycles. The summed E-state index contributed by atoms with van der Waals surface area (Å²) in [5, 5.41) is 25.9. The Morgan fingerprint density at radius 3 is 1.80 bits per heavy atom. The third-order valence-corrected chi connectivity index (χ3v) is 2.07. The van der Waals surface area contributed by atoms with Gasteiger partial charge in [0, 0.05) is 5.56 Å². The van der Waals surface area contributed by atoms with Gasteiger partial charge >= 0.3 is 0 Å². The van der Waals surface area contributed by atoms with Crippen LogP contribution in [-0.4, -0.2) is 21.8 Å². The molecule has 0 aromatic heterocycles. The number of rotatable bonds is 1. The smallest absolute Gasteiger partial charge is 0.290 e. The van der Waals surface area contributed by atoms with Gasteiger partial charge in [-0.2, -0.15) is 0 Å². The van der Waals surface area contributed by atoms with E-state index in [0.29, 0.717) is 0 Å². The van der Waals surface area contributed by atoms with Crippen molar-refractivity contribution in [1.82, 2.24) is 0 Å². The molecular formula is C9H10Cl2O4. The van der Waals surface area contributed by atoms with Gasteiger partial charge in [0.2, 0.25) is 0 Å². The summed E-state index contributed by atoms with van der Waals surface area (Å²) >= 11 is 11.4. The van der Waals surface area contributed by atoms with Gasteiger partial charge in [0.05, 0.1) is 10.0 Å². The summed E-state index contributed by atoms with van der Waals surface area (Å²) in [6.07, 6.45) is 0. The van der Waals surface area contributed by atoms with E-state index in [9.17, 15) is 10.2 Å². The van der Waals surface area contributed by atoms with Crippen molar-refractivity contribution in [2.24, 2.45) is 0 Å². The molecule has 6 heteroatoms. The van der Waals surface area contributed by atoms with E-state index in [0.717, 1.165) is 0 Å². The van der Waals surface area contributed by atoms with Gasteiger partial charge in [0.25, 0.3) is 6.47 Å². The van der Waals surface area contributed by atoms with Crippen LogP contribution in [0.1, 0.15) is 12.5 Å². The Balaban J connectivity index is 0.000000583. The number of hydrogen-bond acceptors (Lipinski definition) is 3. The Hall–Kier alpha value is -0.810. The summed E-state index contributed by atoms with van der Waals surface area (Å²) in [5.41, 5.74) is 0.133. The maximum absolute atomic E-state index is 9.24. The highest BCUT2D eigenvalue weighted by Gasteiger charge is 2.24. The average Bonchev–Trinajstić information content (AvgIpc) is 2.02. The second kappa shape index (κ2) is 5.92. The Labute approximate surface area is 96.7 Å². The van der Waals surface area contributed by atoms with E-state index in [1.165, 1.54) is 6.92 Å². The molecule has 0 fully saturated rings. The number of carboxylic acid groups (broad SMARTS) is 1. The van der Waals surface area contributed by atoms with Gasteiger partial charge < -0.3 is 15.3 Å². The molecule has 0 amide bonds. The summed E-state index contributed by atoms with van der Waals surface area (Å²) in [5.74, 6) is -1.99. The van der Waals surface area contributed by atoms with Crippen LogP contribution in [-0.2, 0) is 10.6 Å². The molecule has 15 heavy (non-hydrogen) atoms. The second-order valence-electron chi connectivity index (χ2n) is 2.72. The van der Waals surface area contributed by atoms with E-state index in [-0.39, 0.29) is 22.1 Å². The van der Waals surface area contributed by atoms with Crippen LogP contribution in [0.25, 0.3) is 0 Å². The van der Waals surface area contributed by atoms with Crippen molar-refractivity contribution in [2.45, 2.75) is 12.7 Å². The van der Waals surface area contributed by atoms with Gasteiger partial charge in [-0.3, -0.25) is 4.79 Å². The summed E-state index contributed by atoms with van der Waals surface area (Å²) in [6, 6.07) is 4.74. The molecule has 0 spiro atoms. The SMILES string of the molecule is CC(O)(O)c1c(Cl)cccc1Cl.O=CO. The normalized spacial score (nSPS) is 10.2. The molecule has 84 valence electrons. The maximum atomic E-state index is 9.24. The summed E-state index contributed by atoms with van der Waals surface area (Å²) in [4.78, 5) is 8.36. The molecule has 0 atom stereocenters. The molecule has 1 aromatic carbocycles. The quantitative estimate of drug-likeness (QED) is 0.527. The van der Waals surface area contributed by atoms with Crippen LogP contribution in [0.2, 0.25) is 10.0 Å². The molecule has 0 heterocycles. The van der Waals surface area contributed by atoms with Crippen molar-refractivity contribution in [3.05, 3.63) is 33.8 Å². The molecule has 1 aromatic rings. The molecule has 0 aliphatic rings. The van der Waals surface area contributed by atoms with Crippen LogP contribution in [0.3, 0.4) is 0 Å². The highest BCUT2D eigenvalue weighted by atomic mass is 35.5. The van der Waals surface area contributed by atoms with Gasteiger partial charge in [-0.25, -0.2) is 0 Å². The Morgan fingerprint density at radius 1 is 1.27 bits per heavy atom. The summed E-state index contributed by atoms with van der Waals surface area (Å²) in [6.45, 7) is 0.958. The van der Waals surface area contributed by atoms with Gasteiger partial charge in [0.1, 0.15) is 0 Å². The van der Waals surface area contributed by atoms with Crippen molar-refractivity contribution in [1.29, 1.82) is 0 Å². The maximum Gasteiger partial charge on any atom is 0.290 e. The predicted octanol–water partition coefficient (Wildman–Crippen LogP) is 1.85. The molecule has 3 N–H and O–H groups in total. The zero-order chi connectivity index (χ0) is 12.1. The Bertz CT molecular complexity index is 313. The summed E-state index contributed by atoms with van der Waals surface area (Å²) < 4.78 is 0. The Morgan fingerprint density at radius 2 is 1.60 bits per heavy atom. The average molecular weight is 253 g/mol. The van der Waals surface area contributed by atoms with E-state index in [1.54, 1.807) is 18.2 Å². The largest absolute Gasteiger partial charge is 0.483 e. The minimum atomic E-state index is -1.99. The van der Waals surface area contributed by atoms with E-state index in [4.69, 9.17) is 33.1 Å². The zero-order valence-corrected chi connectivity index (χ0v) is 9.33. The van der Waals surface area contributed by atoms with Crippen molar-refractivity contribution in [2.75, 3.05) is 0 Å². The second-order valence-corrected chi connectivity index (χ2v) is 3.54. The summed E-state index contributed by atoms with van der Waals surface area (Å²) in [7, 11) is 0. The number of hydrogen-bond donors (Lipinski definition) is 3. The number of aliphatic hydroxyl groups is 2. The number of benzene rings is 1. The zero-order valence-electron chi connectivity index (χ0n) is 7.82. The lowest BCUT2D eigenvalue weighted by Gasteiger charge is -2.18. The van der Waals surface area contributed by atoms with Crippen LogP contribution < -0.4 is 0 Å². The molecular weight excluding hydrogens is 243 g/mol. The van der Waals surface area contributed by atoms with Crippen LogP contribution in [0.4, 0.5) is 0 Å². The van der Waals surface area contributed by atoms with E-state index in [1.807, 2.05) is 0 Å². The van der Waals surface area contributed by atoms with E-state index < -0.39 is 5.79 Å². The van der Waals surface area contributed by atoms with E-state index >= 15 is 0 Å². The molecule has 4 nitrogen and oxygen atoms in total. The van der Waals surface area contributed by atoms with Crippen molar-refractivity contribution < 1.29 is 20.1 Å². The van der Waals surface area contributed by atoms with Crippen molar-refractivity contribution in [3.8, 4) is 0 Å². The molecule has 1 rings (SSSR count). The standard InChI is InChI=1S/C8H8Cl2O2.CH2O2/c1-8(11,12)7-5(9)3-2-4-6(7)10;2-1-3/h2-4,11-12H,1H3;1H,(H,2,3). The molecule has 0 unspecified atom stereocenters. The topological polar surface area (TPSA) is 77.8 Å². The van der Waals surface area contributed by atoms with Gasteiger partial charge in [-0.05, 0) is 19.1 Å². The highest BCUT2D eigenvalue weighted by molar-refractivity contribution is 6.36. The molecule has 0 bridgehead atoms. The third kappa shape index (κ3) is 4.48. The molecule has 0 radical (unpaired) electrons. The first kappa shape index (κ1) is 14.2. The van der Waals surface area contributed by atoms with Crippen LogP contribution in [0, 0.1) is 0 Å². The lowest BCUT2D eigenvalue weighted by Crippen LogP contribution is -2.20. The fourth-order valence-corrected chi connectivity index (χ4v) is 1.71. The van der Waals surface area contributed by atoms with Crippen molar-refractivity contribution >= 4 is 29.7 Å². The first-order valence-corrected chi connectivity index (χ1v) is 4.57. The predicted molar refractivity (Wildman–Crippen MR) is 56.9 cm³/mol. The first-order chi connectivity index (χ1) is 6.84. The fourth-order valence-electron chi connectivity index (χ4n) is 0.950. The van der Waals surface area contributed by atoms with Crippen LogP contribution >= 0.6 is 23.2 Å². The molecule has 0 aliphatic carbocycles. The highest BCUT2D eigenvalue weighted by Crippen LogP contribution is 2.32. The first-order valence-electron chi connectivity index (χ1n) is 3.81. The minimum Gasteiger partial charge on any atom is -0.483 e. The third-order valence-electron chi connectivity index (χ3n) is 1.44. The lowest BCUT2D eigenvalue weighted by molar-refractivity contribution is -0.152.